The van der Waals surface area contributed by atoms with Gasteiger partial charge in [-0.2, -0.15) is 0 Å². The third-order valence-corrected chi connectivity index (χ3v) is 5.64. The van der Waals surface area contributed by atoms with Crippen LogP contribution >= 0.6 is 24.0 Å². The summed E-state index contributed by atoms with van der Waals surface area (Å²) in [7, 11) is 0. The second-order valence-electron chi connectivity index (χ2n) is 8.11. The molecule has 1 aliphatic carbocycles. The number of hydrogen-bond acceptors (Lipinski definition) is 5. The van der Waals surface area contributed by atoms with Crippen LogP contribution in [-0.4, -0.2) is 48.6 Å². The molecule has 1 saturated carbocycles. The number of hydrogen-bond donors (Lipinski definition) is 2. The maximum atomic E-state index is 5.72. The van der Waals surface area contributed by atoms with Crippen molar-refractivity contribution in [3.63, 3.8) is 0 Å². The third kappa shape index (κ3) is 7.38. The highest BCUT2D eigenvalue weighted by molar-refractivity contribution is 14.0. The van der Waals surface area contributed by atoms with E-state index in [1.54, 1.807) is 6.26 Å². The van der Waals surface area contributed by atoms with E-state index in [9.17, 15) is 0 Å². The van der Waals surface area contributed by atoms with E-state index in [1.165, 1.54) is 25.7 Å². The van der Waals surface area contributed by atoms with Crippen molar-refractivity contribution >= 4 is 29.9 Å². The van der Waals surface area contributed by atoms with Gasteiger partial charge in [0.15, 0.2) is 5.96 Å². The fourth-order valence-corrected chi connectivity index (χ4v) is 3.73. The number of pyridine rings is 1. The molecule has 3 heterocycles. The molecule has 0 spiro atoms. The van der Waals surface area contributed by atoms with E-state index in [1.807, 2.05) is 24.4 Å². The number of likely N-dealkylation sites (tertiary alicyclic amines) is 1. The summed E-state index contributed by atoms with van der Waals surface area (Å²) >= 11 is 0. The van der Waals surface area contributed by atoms with Crippen LogP contribution in [0, 0.1) is 5.92 Å². The maximum absolute atomic E-state index is 5.72. The van der Waals surface area contributed by atoms with Crippen LogP contribution in [0.1, 0.15) is 50.0 Å². The Kier molecular flexibility index (Phi) is 9.45. The number of guanidine groups is 1. The Bertz CT molecular complexity index is 787. The molecule has 0 amide bonds. The SMILES string of the molecule is CCNC(=NCc1ccc(OCC2CC2)nc1)NCC(c1ccco1)N1CCCC1.I. The summed E-state index contributed by atoms with van der Waals surface area (Å²) in [4.78, 5) is 11.6. The topological polar surface area (TPSA) is 74.9 Å². The normalized spacial score (nSPS) is 17.8. The summed E-state index contributed by atoms with van der Waals surface area (Å²) in [6.07, 6.45) is 8.67. The standard InChI is InChI=1S/C23H33N5O2.HI/c1-2-24-23(26-15-19-9-10-22(25-14-19)30-17-18-7-8-18)27-16-20(21-6-5-13-29-21)28-11-3-4-12-28;/h5-6,9-10,13-14,18,20H,2-4,7-8,11-12,15-17H2,1H3,(H2,24,26,27);1H. The van der Waals surface area contributed by atoms with Crippen LogP contribution in [0.2, 0.25) is 0 Å². The van der Waals surface area contributed by atoms with Crippen LogP contribution in [0.5, 0.6) is 5.88 Å². The summed E-state index contributed by atoms with van der Waals surface area (Å²) in [6.45, 7) is 7.23. The largest absolute Gasteiger partial charge is 0.477 e. The molecular weight excluding hydrogens is 505 g/mol. The molecule has 2 N–H and O–H groups in total. The van der Waals surface area contributed by atoms with Crippen LogP contribution in [0.4, 0.5) is 0 Å². The fraction of sp³-hybridized carbons (Fsp3) is 0.565. The molecule has 1 aliphatic heterocycles. The van der Waals surface area contributed by atoms with Gasteiger partial charge in [0.2, 0.25) is 5.88 Å². The molecular formula is C23H34IN5O2. The minimum Gasteiger partial charge on any atom is -0.477 e. The molecule has 2 fully saturated rings. The third-order valence-electron chi connectivity index (χ3n) is 5.64. The number of furan rings is 1. The van der Waals surface area contributed by atoms with E-state index >= 15 is 0 Å². The lowest BCUT2D eigenvalue weighted by atomic mass is 10.2. The quantitative estimate of drug-likeness (QED) is 0.271. The molecule has 7 nitrogen and oxygen atoms in total. The maximum Gasteiger partial charge on any atom is 0.213 e. The highest BCUT2D eigenvalue weighted by Gasteiger charge is 2.25. The van der Waals surface area contributed by atoms with Crippen LogP contribution in [-0.2, 0) is 6.54 Å². The number of aliphatic imine (C=N–C) groups is 1. The van der Waals surface area contributed by atoms with Gasteiger partial charge in [0.05, 0.1) is 25.5 Å². The number of halogens is 1. The Labute approximate surface area is 202 Å². The van der Waals surface area contributed by atoms with E-state index in [2.05, 4.69) is 33.5 Å². The number of aromatic nitrogens is 1. The second-order valence-corrected chi connectivity index (χ2v) is 8.11. The Morgan fingerprint density at radius 3 is 2.74 bits per heavy atom. The van der Waals surface area contributed by atoms with Crippen molar-refractivity contribution in [2.24, 2.45) is 10.9 Å². The predicted molar refractivity (Wildman–Crippen MR) is 133 cm³/mol. The Balaban J connectivity index is 0.00000272. The van der Waals surface area contributed by atoms with Crippen molar-refractivity contribution < 1.29 is 9.15 Å². The van der Waals surface area contributed by atoms with Gasteiger partial charge in [-0.1, -0.05) is 6.07 Å². The Morgan fingerprint density at radius 2 is 2.10 bits per heavy atom. The molecule has 2 aromatic heterocycles. The second kappa shape index (κ2) is 12.3. The van der Waals surface area contributed by atoms with Gasteiger partial charge in [-0.3, -0.25) is 4.90 Å². The van der Waals surface area contributed by atoms with Crippen molar-refractivity contribution in [2.75, 3.05) is 32.8 Å². The van der Waals surface area contributed by atoms with Gasteiger partial charge in [0.25, 0.3) is 0 Å². The van der Waals surface area contributed by atoms with Crippen molar-refractivity contribution in [1.29, 1.82) is 0 Å². The number of nitrogens with zero attached hydrogens (tertiary/aromatic N) is 3. The molecule has 0 radical (unpaired) electrons. The summed E-state index contributed by atoms with van der Waals surface area (Å²) in [5.74, 6) is 3.25. The molecule has 0 aromatic carbocycles. The summed E-state index contributed by atoms with van der Waals surface area (Å²) in [6, 6.07) is 8.22. The van der Waals surface area contributed by atoms with Gasteiger partial charge in [-0.15, -0.1) is 24.0 Å². The average molecular weight is 539 g/mol. The zero-order valence-electron chi connectivity index (χ0n) is 18.3. The highest BCUT2D eigenvalue weighted by Crippen LogP contribution is 2.29. The summed E-state index contributed by atoms with van der Waals surface area (Å²) < 4.78 is 11.4. The molecule has 1 unspecified atom stereocenters. The molecule has 0 bridgehead atoms. The molecule has 2 aromatic rings. The van der Waals surface area contributed by atoms with Gasteiger partial charge in [-0.05, 0) is 69.3 Å². The lowest BCUT2D eigenvalue weighted by Gasteiger charge is -2.26. The molecule has 8 heteroatoms. The van der Waals surface area contributed by atoms with Crippen LogP contribution in [0.3, 0.4) is 0 Å². The van der Waals surface area contributed by atoms with E-state index in [0.717, 1.165) is 56.0 Å². The van der Waals surface area contributed by atoms with Crippen molar-refractivity contribution in [1.82, 2.24) is 20.5 Å². The zero-order chi connectivity index (χ0) is 20.6. The van der Waals surface area contributed by atoms with E-state index < -0.39 is 0 Å². The minimum absolute atomic E-state index is 0. The monoisotopic (exact) mass is 539 g/mol. The van der Waals surface area contributed by atoms with Crippen LogP contribution < -0.4 is 15.4 Å². The first-order valence-electron chi connectivity index (χ1n) is 11.2. The molecule has 170 valence electrons. The van der Waals surface area contributed by atoms with Crippen molar-refractivity contribution in [2.45, 2.75) is 45.2 Å². The number of rotatable bonds is 10. The van der Waals surface area contributed by atoms with Gasteiger partial charge in [0.1, 0.15) is 5.76 Å². The fourth-order valence-electron chi connectivity index (χ4n) is 3.73. The lowest BCUT2D eigenvalue weighted by molar-refractivity contribution is 0.215. The van der Waals surface area contributed by atoms with Crippen LogP contribution in [0.25, 0.3) is 0 Å². The first-order chi connectivity index (χ1) is 14.8. The number of ether oxygens (including phenoxy) is 1. The first kappa shape index (κ1) is 23.8. The first-order valence-corrected chi connectivity index (χ1v) is 11.2. The smallest absolute Gasteiger partial charge is 0.213 e. The van der Waals surface area contributed by atoms with E-state index in [-0.39, 0.29) is 30.0 Å². The molecule has 1 atom stereocenters. The van der Waals surface area contributed by atoms with E-state index in [4.69, 9.17) is 14.1 Å². The zero-order valence-corrected chi connectivity index (χ0v) is 20.6. The molecule has 2 aliphatic rings. The lowest BCUT2D eigenvalue weighted by Crippen LogP contribution is -2.42. The highest BCUT2D eigenvalue weighted by atomic mass is 127. The summed E-state index contributed by atoms with van der Waals surface area (Å²) in [5, 5.41) is 6.84. The molecule has 31 heavy (non-hydrogen) atoms. The minimum atomic E-state index is 0. The van der Waals surface area contributed by atoms with E-state index in [0.29, 0.717) is 12.4 Å². The number of nitrogens with one attached hydrogen (secondary N) is 2. The predicted octanol–water partition coefficient (Wildman–Crippen LogP) is 3.97. The molecule has 4 rings (SSSR count). The Hall–Kier alpha value is -1.81. The average Bonchev–Trinajstić information content (AvgIpc) is 3.19. The van der Waals surface area contributed by atoms with Gasteiger partial charge < -0.3 is 19.8 Å². The van der Waals surface area contributed by atoms with Crippen molar-refractivity contribution in [3.8, 4) is 5.88 Å². The van der Waals surface area contributed by atoms with Crippen LogP contribution in [0.15, 0.2) is 46.1 Å². The van der Waals surface area contributed by atoms with Gasteiger partial charge in [0, 0.05) is 25.4 Å². The Morgan fingerprint density at radius 1 is 1.26 bits per heavy atom. The van der Waals surface area contributed by atoms with Gasteiger partial charge in [-0.25, -0.2) is 9.98 Å². The van der Waals surface area contributed by atoms with Crippen molar-refractivity contribution in [3.05, 3.63) is 48.0 Å². The van der Waals surface area contributed by atoms with Gasteiger partial charge >= 0.3 is 0 Å². The molecule has 1 saturated heterocycles. The summed E-state index contributed by atoms with van der Waals surface area (Å²) in [5.41, 5.74) is 1.06.